The van der Waals surface area contributed by atoms with Gasteiger partial charge in [-0.05, 0) is 12.1 Å². The highest BCUT2D eigenvalue weighted by Crippen LogP contribution is 2.44. The molecule has 0 aliphatic carbocycles. The molecule has 2 atom stereocenters. The summed E-state index contributed by atoms with van der Waals surface area (Å²) in [5.41, 5.74) is 6.83. The second-order valence-electron chi connectivity index (χ2n) is 6.92. The standard InChI is InChI=1S/C18H14N8O4S4/c1-30-24-8(11-23-18(19)34-25-11)12(27)22-9-15(28)26-10(17(29)31)6(5-32-16(9)26)13-21-7-3-2-4-20-14(7)33-13/h2-4,9,16H,5H2,1H3,(H,22,27)(H,29,31)(H2,19,23,25)/b24-8-/t9?,16-/m1/s1. The van der Waals surface area contributed by atoms with Crippen molar-refractivity contribution in [2.24, 2.45) is 5.16 Å². The Hall–Kier alpha value is -3.08. The molecule has 1 saturated heterocycles. The van der Waals surface area contributed by atoms with Crippen molar-refractivity contribution in [2.75, 3.05) is 18.6 Å². The molecular weight excluding hydrogens is 521 g/mol. The average molecular weight is 535 g/mol. The summed E-state index contributed by atoms with van der Waals surface area (Å²) in [6.07, 6.45) is 1.66. The molecule has 0 aromatic carbocycles. The summed E-state index contributed by atoms with van der Waals surface area (Å²) in [6, 6.07) is 2.71. The van der Waals surface area contributed by atoms with Crippen molar-refractivity contribution >= 4 is 91.0 Å². The van der Waals surface area contributed by atoms with Crippen molar-refractivity contribution in [3.05, 3.63) is 34.9 Å². The van der Waals surface area contributed by atoms with E-state index >= 15 is 0 Å². The molecule has 2 aliphatic rings. The number of nitrogen functional groups attached to an aromatic ring is 1. The fourth-order valence-corrected chi connectivity index (χ4v) is 6.56. The lowest BCUT2D eigenvalue weighted by atomic mass is 10.0. The maximum absolute atomic E-state index is 13.0. The van der Waals surface area contributed by atoms with E-state index in [1.165, 1.54) is 35.1 Å². The van der Waals surface area contributed by atoms with Crippen LogP contribution in [-0.2, 0) is 19.2 Å². The Morgan fingerprint density at radius 2 is 2.21 bits per heavy atom. The molecule has 3 aromatic heterocycles. The highest BCUT2D eigenvalue weighted by molar-refractivity contribution is 8.00. The predicted octanol–water partition coefficient (Wildman–Crippen LogP) is 0.743. The number of anilines is 1. The summed E-state index contributed by atoms with van der Waals surface area (Å²) in [7, 11) is 1.27. The third-order valence-corrected chi connectivity index (χ3v) is 8.01. The van der Waals surface area contributed by atoms with E-state index in [9.17, 15) is 14.4 Å². The van der Waals surface area contributed by atoms with Crippen LogP contribution in [0.4, 0.5) is 5.13 Å². The van der Waals surface area contributed by atoms with Crippen LogP contribution in [0.25, 0.3) is 15.9 Å². The summed E-state index contributed by atoms with van der Waals surface area (Å²) in [4.78, 5) is 57.9. The van der Waals surface area contributed by atoms with Gasteiger partial charge in [0, 0.05) is 29.1 Å². The van der Waals surface area contributed by atoms with Crippen molar-refractivity contribution in [3.63, 3.8) is 0 Å². The Bertz CT molecular complexity index is 1370. The minimum Gasteiger partial charge on any atom is -0.398 e. The van der Waals surface area contributed by atoms with Gasteiger partial charge in [-0.25, -0.2) is 9.97 Å². The summed E-state index contributed by atoms with van der Waals surface area (Å²) >= 11 is 7.64. The van der Waals surface area contributed by atoms with Crippen LogP contribution in [0.15, 0.2) is 29.2 Å². The first-order valence-electron chi connectivity index (χ1n) is 9.53. The quantitative estimate of drug-likeness (QED) is 0.178. The number of nitrogens with one attached hydrogen (secondary N) is 1. The van der Waals surface area contributed by atoms with Crippen molar-refractivity contribution in [3.8, 4) is 0 Å². The molecule has 1 unspecified atom stereocenters. The van der Waals surface area contributed by atoms with E-state index in [1.807, 2.05) is 6.07 Å². The van der Waals surface area contributed by atoms with Gasteiger partial charge < -0.3 is 15.9 Å². The molecule has 2 aliphatic heterocycles. The number of thioether (sulfide) groups is 1. The molecule has 174 valence electrons. The smallest absolute Gasteiger partial charge is 0.278 e. The zero-order valence-corrected chi connectivity index (χ0v) is 20.5. The molecule has 16 heteroatoms. The van der Waals surface area contributed by atoms with E-state index in [2.05, 4.69) is 42.4 Å². The van der Waals surface area contributed by atoms with Crippen molar-refractivity contribution in [1.82, 2.24) is 29.5 Å². The number of rotatable bonds is 6. The monoisotopic (exact) mass is 534 g/mol. The fourth-order valence-electron chi connectivity index (χ4n) is 3.50. The van der Waals surface area contributed by atoms with E-state index in [0.717, 1.165) is 16.4 Å². The van der Waals surface area contributed by atoms with Crippen LogP contribution >= 0.6 is 47.3 Å². The van der Waals surface area contributed by atoms with Gasteiger partial charge in [0.25, 0.3) is 11.8 Å². The predicted molar refractivity (Wildman–Crippen MR) is 131 cm³/mol. The van der Waals surface area contributed by atoms with Gasteiger partial charge in [0.1, 0.15) is 39.6 Å². The molecule has 0 radical (unpaired) electrons. The Morgan fingerprint density at radius 3 is 2.88 bits per heavy atom. The number of thiazole rings is 1. The number of nitrogens with zero attached hydrogens (tertiary/aromatic N) is 6. The van der Waals surface area contributed by atoms with Gasteiger partial charge in [-0.3, -0.25) is 19.3 Å². The number of β-lactam (4-membered cyclic amide) rings is 1. The van der Waals surface area contributed by atoms with E-state index in [4.69, 9.17) is 10.6 Å². The van der Waals surface area contributed by atoms with Crippen molar-refractivity contribution in [1.29, 1.82) is 0 Å². The molecule has 3 aromatic rings. The summed E-state index contributed by atoms with van der Waals surface area (Å²) in [5.74, 6) is -0.781. The lowest BCUT2D eigenvalue weighted by molar-refractivity contribution is -0.145. The maximum Gasteiger partial charge on any atom is 0.278 e. The lowest BCUT2D eigenvalue weighted by Crippen LogP contribution is -2.70. The maximum atomic E-state index is 13.0. The Kier molecular flexibility index (Phi) is 5.97. The second kappa shape index (κ2) is 8.94. The number of hydrogen-bond donors (Lipinski definition) is 3. The number of nitrogens with two attached hydrogens (primary N) is 1. The first-order valence-corrected chi connectivity index (χ1v) is 12.6. The van der Waals surface area contributed by atoms with Crippen LogP contribution in [-0.4, -0.2) is 71.1 Å². The fraction of sp³-hybridized carbons (Fsp3) is 0.222. The molecule has 0 spiro atoms. The number of carbonyl (C=O) groups excluding carboxylic acids is 3. The number of pyridine rings is 1. The van der Waals surface area contributed by atoms with E-state index in [1.54, 1.807) is 12.3 Å². The Morgan fingerprint density at radius 1 is 1.38 bits per heavy atom. The largest absolute Gasteiger partial charge is 0.398 e. The van der Waals surface area contributed by atoms with E-state index < -0.39 is 28.3 Å². The van der Waals surface area contributed by atoms with Crippen molar-refractivity contribution < 1.29 is 19.2 Å². The Labute approximate surface area is 209 Å². The van der Waals surface area contributed by atoms with Crippen LogP contribution in [0.3, 0.4) is 0 Å². The van der Waals surface area contributed by atoms with Gasteiger partial charge in [-0.1, -0.05) is 29.1 Å². The highest BCUT2D eigenvalue weighted by atomic mass is 32.2. The summed E-state index contributed by atoms with van der Waals surface area (Å²) in [5, 5.41) is 5.99. The van der Waals surface area contributed by atoms with Crippen LogP contribution in [0, 0.1) is 0 Å². The van der Waals surface area contributed by atoms with Gasteiger partial charge in [-0.15, -0.1) is 11.8 Å². The number of hydrogen-bond acceptors (Lipinski definition) is 13. The average Bonchev–Trinajstić information content (AvgIpc) is 3.45. The first-order chi connectivity index (χ1) is 16.4. The van der Waals surface area contributed by atoms with Gasteiger partial charge in [0.15, 0.2) is 5.13 Å². The summed E-state index contributed by atoms with van der Waals surface area (Å²) < 4.78 is 3.96. The molecule has 0 bridgehead atoms. The minimum atomic E-state index is -0.892. The minimum absolute atomic E-state index is 0.0142. The topological polar surface area (TPSA) is 166 Å². The van der Waals surface area contributed by atoms with E-state index in [0.29, 0.717) is 21.9 Å². The third-order valence-electron chi connectivity index (χ3n) is 4.93. The van der Waals surface area contributed by atoms with Gasteiger partial charge >= 0.3 is 0 Å². The molecule has 12 nitrogen and oxygen atoms in total. The van der Waals surface area contributed by atoms with Gasteiger partial charge in [0.2, 0.25) is 16.7 Å². The Balaban J connectivity index is 1.41. The van der Waals surface area contributed by atoms with Crippen molar-refractivity contribution in [2.45, 2.75) is 11.4 Å². The third kappa shape index (κ3) is 3.81. The highest BCUT2D eigenvalue weighted by Gasteiger charge is 2.54. The molecule has 3 N–H and O–H groups in total. The summed E-state index contributed by atoms with van der Waals surface area (Å²) in [6.45, 7) is 0. The number of oxime groups is 1. The lowest BCUT2D eigenvalue weighted by Gasteiger charge is -2.49. The molecular formula is C18H14N8O4S4. The van der Waals surface area contributed by atoms with Crippen LogP contribution in [0.2, 0.25) is 0 Å². The van der Waals surface area contributed by atoms with Crippen LogP contribution in [0.1, 0.15) is 10.8 Å². The molecule has 1 fully saturated rings. The second-order valence-corrected chi connectivity index (χ2v) is 10.2. The molecule has 2 amide bonds. The molecule has 5 rings (SSSR count). The zero-order valence-electron chi connectivity index (χ0n) is 17.2. The number of fused-ring (bicyclic) bond motifs is 2. The SMILES string of the molecule is CO/N=C(\C(=O)NC1C(=O)N2C(C(=O)S)=C(c3nc4cccnc4s3)CS[C@H]12)c1nsc(N)n1. The zero-order chi connectivity index (χ0) is 24.0. The van der Waals surface area contributed by atoms with Crippen LogP contribution in [0.5, 0.6) is 0 Å². The number of amides is 2. The molecule has 34 heavy (non-hydrogen) atoms. The molecule has 0 saturated carbocycles. The first kappa shape index (κ1) is 22.7. The number of carbonyl (C=O) groups is 3. The van der Waals surface area contributed by atoms with E-state index in [-0.39, 0.29) is 22.4 Å². The normalized spacial score (nSPS) is 20.2. The molecule has 5 heterocycles. The van der Waals surface area contributed by atoms with Gasteiger partial charge in [-0.2, -0.15) is 9.36 Å². The van der Waals surface area contributed by atoms with Gasteiger partial charge in [0.05, 0.1) is 0 Å². The van der Waals surface area contributed by atoms with Crippen LogP contribution < -0.4 is 11.1 Å². The number of aromatic nitrogens is 4. The number of thiol groups is 1.